The fourth-order valence-corrected chi connectivity index (χ4v) is 4.61. The van der Waals surface area contributed by atoms with Crippen LogP contribution >= 0.6 is 0 Å². The molecule has 0 bridgehead atoms. The highest BCUT2D eigenvalue weighted by Gasteiger charge is 2.14. The topological polar surface area (TPSA) is 6.48 Å². The van der Waals surface area contributed by atoms with Crippen LogP contribution in [-0.4, -0.2) is 31.1 Å². The van der Waals surface area contributed by atoms with Gasteiger partial charge in [-0.15, -0.1) is 6.42 Å². The molecule has 0 unspecified atom stereocenters. The van der Waals surface area contributed by atoms with Crippen molar-refractivity contribution in [2.24, 2.45) is 0 Å². The molecule has 2 nitrogen and oxygen atoms in total. The van der Waals surface area contributed by atoms with Crippen molar-refractivity contribution in [1.82, 2.24) is 4.90 Å². The van der Waals surface area contributed by atoms with Gasteiger partial charge in [-0.3, -0.25) is 0 Å². The standard InChI is InChI=1S/C26H36N2/c1-4-13-24(27-16-9-5-10-17-27)14-7-8-15-26-22(2)20-25(21-23(26)3)28-18-11-6-12-19-28/h1,7,13-14,20-21H,5-6,8-12,15-19H2,2-3H3/b14-7-,24-13+. The second-order valence-corrected chi connectivity index (χ2v) is 8.33. The first-order valence-electron chi connectivity index (χ1n) is 11.1. The summed E-state index contributed by atoms with van der Waals surface area (Å²) in [5.41, 5.74) is 6.99. The van der Waals surface area contributed by atoms with E-state index in [-0.39, 0.29) is 0 Å². The summed E-state index contributed by atoms with van der Waals surface area (Å²) in [4.78, 5) is 4.99. The van der Waals surface area contributed by atoms with Crippen LogP contribution in [0.2, 0.25) is 0 Å². The van der Waals surface area contributed by atoms with Gasteiger partial charge in [0.05, 0.1) is 0 Å². The third-order valence-corrected chi connectivity index (χ3v) is 6.20. The molecule has 2 heteroatoms. The zero-order chi connectivity index (χ0) is 19.8. The van der Waals surface area contributed by atoms with Gasteiger partial charge in [0.2, 0.25) is 0 Å². The fraction of sp³-hybridized carbons (Fsp3) is 0.538. The van der Waals surface area contributed by atoms with E-state index < -0.39 is 0 Å². The molecule has 0 radical (unpaired) electrons. The molecule has 0 aromatic heterocycles. The van der Waals surface area contributed by atoms with Gasteiger partial charge < -0.3 is 9.80 Å². The Morgan fingerprint density at radius 3 is 2.18 bits per heavy atom. The highest BCUT2D eigenvalue weighted by molar-refractivity contribution is 5.54. The summed E-state index contributed by atoms with van der Waals surface area (Å²) >= 11 is 0. The first-order valence-corrected chi connectivity index (χ1v) is 11.1. The summed E-state index contributed by atoms with van der Waals surface area (Å²) in [6, 6.07) is 4.80. The van der Waals surface area contributed by atoms with Crippen LogP contribution in [0, 0.1) is 26.2 Å². The fourth-order valence-electron chi connectivity index (χ4n) is 4.61. The van der Waals surface area contributed by atoms with E-state index in [4.69, 9.17) is 6.42 Å². The molecule has 0 aliphatic carbocycles. The van der Waals surface area contributed by atoms with Gasteiger partial charge in [-0.1, -0.05) is 12.0 Å². The van der Waals surface area contributed by atoms with Crippen molar-refractivity contribution in [2.45, 2.75) is 65.2 Å². The number of terminal acetylenes is 1. The summed E-state index contributed by atoms with van der Waals surface area (Å²) in [6.07, 6.45) is 22.1. The number of benzene rings is 1. The highest BCUT2D eigenvalue weighted by Crippen LogP contribution is 2.26. The molecule has 2 fully saturated rings. The van der Waals surface area contributed by atoms with Crippen LogP contribution in [0.4, 0.5) is 5.69 Å². The van der Waals surface area contributed by atoms with E-state index in [1.807, 2.05) is 6.08 Å². The van der Waals surface area contributed by atoms with Crippen molar-refractivity contribution in [2.75, 3.05) is 31.1 Å². The molecular formula is C26H36N2. The number of hydrogen-bond acceptors (Lipinski definition) is 2. The predicted octanol–water partition coefficient (Wildman–Crippen LogP) is 5.79. The number of allylic oxidation sites excluding steroid dienone is 3. The van der Waals surface area contributed by atoms with Crippen LogP contribution < -0.4 is 4.90 Å². The second-order valence-electron chi connectivity index (χ2n) is 8.33. The van der Waals surface area contributed by atoms with Crippen LogP contribution in [0.5, 0.6) is 0 Å². The van der Waals surface area contributed by atoms with Crippen molar-refractivity contribution < 1.29 is 0 Å². The summed E-state index contributed by atoms with van der Waals surface area (Å²) in [5.74, 6) is 2.72. The maximum atomic E-state index is 5.56. The molecule has 2 aliphatic rings. The zero-order valence-electron chi connectivity index (χ0n) is 17.8. The maximum Gasteiger partial charge on any atom is 0.0447 e. The first kappa shape index (κ1) is 20.6. The first-order chi connectivity index (χ1) is 13.7. The average Bonchev–Trinajstić information content (AvgIpc) is 2.73. The maximum absolute atomic E-state index is 5.56. The molecule has 2 aliphatic heterocycles. The number of anilines is 1. The van der Waals surface area contributed by atoms with Gasteiger partial charge in [0, 0.05) is 43.6 Å². The largest absolute Gasteiger partial charge is 0.372 e. The lowest BCUT2D eigenvalue weighted by Gasteiger charge is -2.30. The Morgan fingerprint density at radius 2 is 1.57 bits per heavy atom. The quantitative estimate of drug-likeness (QED) is 0.458. The second kappa shape index (κ2) is 10.4. The van der Waals surface area contributed by atoms with E-state index in [0.29, 0.717) is 0 Å². The molecule has 0 spiro atoms. The van der Waals surface area contributed by atoms with Crippen LogP contribution in [0.3, 0.4) is 0 Å². The number of rotatable bonds is 6. The molecule has 150 valence electrons. The lowest BCUT2D eigenvalue weighted by Crippen LogP contribution is -2.29. The summed E-state index contributed by atoms with van der Waals surface area (Å²) in [7, 11) is 0. The number of aryl methyl sites for hydroxylation is 2. The van der Waals surface area contributed by atoms with E-state index in [9.17, 15) is 0 Å². The van der Waals surface area contributed by atoms with Gasteiger partial charge in [0.1, 0.15) is 0 Å². The van der Waals surface area contributed by atoms with Gasteiger partial charge in [-0.05, 0) is 100 Å². The van der Waals surface area contributed by atoms with Crippen molar-refractivity contribution in [1.29, 1.82) is 0 Å². The van der Waals surface area contributed by atoms with Crippen LogP contribution in [0.1, 0.15) is 61.6 Å². The van der Waals surface area contributed by atoms with Crippen molar-refractivity contribution >= 4 is 5.69 Å². The molecular weight excluding hydrogens is 340 g/mol. The number of hydrogen-bond donors (Lipinski definition) is 0. The molecule has 2 heterocycles. The Balaban J connectivity index is 1.61. The summed E-state index contributed by atoms with van der Waals surface area (Å²) < 4.78 is 0. The Morgan fingerprint density at radius 1 is 0.964 bits per heavy atom. The van der Waals surface area contributed by atoms with Crippen LogP contribution in [0.25, 0.3) is 0 Å². The third kappa shape index (κ3) is 5.44. The van der Waals surface area contributed by atoms with Crippen molar-refractivity contribution in [3.63, 3.8) is 0 Å². The van der Waals surface area contributed by atoms with Gasteiger partial charge >= 0.3 is 0 Å². The Bertz CT molecular complexity index is 715. The van der Waals surface area contributed by atoms with Gasteiger partial charge in [-0.2, -0.15) is 0 Å². The summed E-state index contributed by atoms with van der Waals surface area (Å²) in [6.45, 7) is 9.24. The highest BCUT2D eigenvalue weighted by atomic mass is 15.1. The molecule has 1 aromatic carbocycles. The molecule has 3 rings (SSSR count). The summed E-state index contributed by atoms with van der Waals surface area (Å²) in [5, 5.41) is 0. The minimum Gasteiger partial charge on any atom is -0.372 e. The normalized spacial score (nSPS) is 18.5. The SMILES string of the molecule is C#C/C=C(\C=C/CCc1c(C)cc(N2CCCCC2)cc1C)N1CCCCC1. The lowest BCUT2D eigenvalue weighted by atomic mass is 9.96. The van der Waals surface area contributed by atoms with E-state index in [1.54, 1.807) is 0 Å². The van der Waals surface area contributed by atoms with Crippen molar-refractivity contribution in [3.05, 3.63) is 52.7 Å². The monoisotopic (exact) mass is 376 g/mol. The molecule has 0 N–H and O–H groups in total. The minimum absolute atomic E-state index is 1.06. The number of nitrogens with zero attached hydrogens (tertiary/aromatic N) is 2. The van der Waals surface area contributed by atoms with Gasteiger partial charge in [0.15, 0.2) is 0 Å². The molecule has 0 atom stereocenters. The molecule has 1 aromatic rings. The van der Waals surface area contributed by atoms with Gasteiger partial charge in [0.25, 0.3) is 0 Å². The lowest BCUT2D eigenvalue weighted by molar-refractivity contribution is 0.293. The molecule has 28 heavy (non-hydrogen) atoms. The molecule has 0 saturated carbocycles. The number of piperidine rings is 2. The zero-order valence-corrected chi connectivity index (χ0v) is 17.8. The van der Waals surface area contributed by atoms with E-state index >= 15 is 0 Å². The smallest absolute Gasteiger partial charge is 0.0447 e. The van der Waals surface area contributed by atoms with E-state index in [1.165, 1.54) is 79.7 Å². The van der Waals surface area contributed by atoms with E-state index in [2.05, 4.69) is 53.9 Å². The number of likely N-dealkylation sites (tertiary alicyclic amines) is 1. The Kier molecular flexibility index (Phi) is 7.66. The average molecular weight is 377 g/mol. The third-order valence-electron chi connectivity index (χ3n) is 6.20. The van der Waals surface area contributed by atoms with Crippen LogP contribution in [0.15, 0.2) is 36.1 Å². The van der Waals surface area contributed by atoms with Gasteiger partial charge in [-0.25, -0.2) is 0 Å². The van der Waals surface area contributed by atoms with Crippen molar-refractivity contribution in [3.8, 4) is 12.3 Å². The predicted molar refractivity (Wildman–Crippen MR) is 122 cm³/mol. The molecule has 2 saturated heterocycles. The minimum atomic E-state index is 1.06. The van der Waals surface area contributed by atoms with E-state index in [0.717, 1.165) is 25.9 Å². The Hall–Kier alpha value is -2.14. The Labute approximate surface area is 172 Å². The van der Waals surface area contributed by atoms with Crippen LogP contribution in [-0.2, 0) is 6.42 Å². The molecule has 0 amide bonds.